The first-order chi connectivity index (χ1) is 14.3. The smallest absolute Gasteiger partial charge is 0.322 e. The lowest BCUT2D eigenvalue weighted by molar-refractivity contribution is -0.123. The molecular weight excluding hydrogens is 382 g/mol. The summed E-state index contributed by atoms with van der Waals surface area (Å²) in [5, 5.41) is 7.75. The number of urea groups is 1. The molecule has 0 radical (unpaired) electrons. The van der Waals surface area contributed by atoms with E-state index in [0.717, 1.165) is 17.1 Å². The maximum absolute atomic E-state index is 13.0. The molecule has 3 aromatic rings. The molecule has 0 bridgehead atoms. The number of hydrogen-bond acceptors (Lipinski definition) is 4. The quantitative estimate of drug-likeness (QED) is 0.583. The van der Waals surface area contributed by atoms with Gasteiger partial charge in [-0.05, 0) is 56.7 Å². The third-order valence-electron chi connectivity index (χ3n) is 5.32. The van der Waals surface area contributed by atoms with Crippen molar-refractivity contribution in [2.24, 2.45) is 0 Å². The summed E-state index contributed by atoms with van der Waals surface area (Å²) in [7, 11) is 0. The van der Waals surface area contributed by atoms with Crippen molar-refractivity contribution < 1.29 is 14.4 Å². The molecule has 0 aliphatic carbocycles. The third kappa shape index (κ3) is 3.22. The molecule has 8 heteroatoms. The minimum atomic E-state index is -1.19. The van der Waals surface area contributed by atoms with E-state index < -0.39 is 17.5 Å². The van der Waals surface area contributed by atoms with Gasteiger partial charge in [0.05, 0.1) is 17.4 Å². The summed E-state index contributed by atoms with van der Waals surface area (Å²) < 4.78 is 1.97. The second kappa shape index (κ2) is 7.14. The Morgan fingerprint density at radius 2 is 1.93 bits per heavy atom. The van der Waals surface area contributed by atoms with Crippen LogP contribution in [0.5, 0.6) is 0 Å². The zero-order valence-corrected chi connectivity index (χ0v) is 16.8. The first kappa shape index (κ1) is 19.4. The third-order valence-corrected chi connectivity index (χ3v) is 5.32. The number of carbonyl (C=O) groups is 3. The van der Waals surface area contributed by atoms with Crippen molar-refractivity contribution in [3.05, 3.63) is 77.4 Å². The van der Waals surface area contributed by atoms with Crippen molar-refractivity contribution in [1.29, 1.82) is 0 Å². The number of nitrogens with one attached hydrogen (secondary N) is 3. The molecule has 1 saturated heterocycles. The highest BCUT2D eigenvalue weighted by atomic mass is 16.2. The average molecular weight is 403 g/mol. The molecule has 0 spiro atoms. The van der Waals surface area contributed by atoms with Gasteiger partial charge in [-0.1, -0.05) is 12.1 Å². The Morgan fingerprint density at radius 3 is 2.60 bits per heavy atom. The molecule has 1 unspecified atom stereocenters. The molecule has 3 N–H and O–H groups in total. The molecule has 1 aliphatic rings. The van der Waals surface area contributed by atoms with Crippen LogP contribution in [0, 0.1) is 13.8 Å². The van der Waals surface area contributed by atoms with Crippen LogP contribution in [0.3, 0.4) is 0 Å². The normalized spacial score (nSPS) is 18.1. The fourth-order valence-corrected chi connectivity index (χ4v) is 3.73. The Morgan fingerprint density at radius 1 is 1.13 bits per heavy atom. The first-order valence-corrected chi connectivity index (χ1v) is 9.44. The Bertz CT molecular complexity index is 1170. The highest BCUT2D eigenvalue weighted by Gasteiger charge is 2.43. The molecule has 1 fully saturated rings. The van der Waals surface area contributed by atoms with Crippen molar-refractivity contribution in [3.8, 4) is 5.69 Å². The number of nitrogens with zero attached hydrogens (tertiary/aromatic N) is 2. The van der Waals surface area contributed by atoms with E-state index in [0.29, 0.717) is 16.8 Å². The SMILES string of the molecule is Cc1cc(C(=O)Nc2cccc(C3(C)NC(=O)NC3=O)c2)c(C)n1-c1cccnc1. The number of carbonyl (C=O) groups excluding carboxylic acids is 3. The van der Waals surface area contributed by atoms with Gasteiger partial charge in [0, 0.05) is 23.3 Å². The van der Waals surface area contributed by atoms with Gasteiger partial charge in [0.2, 0.25) is 0 Å². The lowest BCUT2D eigenvalue weighted by Gasteiger charge is -2.21. The van der Waals surface area contributed by atoms with E-state index >= 15 is 0 Å². The predicted molar refractivity (Wildman–Crippen MR) is 111 cm³/mol. The maximum atomic E-state index is 13.0. The van der Waals surface area contributed by atoms with Gasteiger partial charge in [0.1, 0.15) is 5.54 Å². The van der Waals surface area contributed by atoms with Crippen LogP contribution in [0.25, 0.3) is 5.69 Å². The van der Waals surface area contributed by atoms with Crippen LogP contribution in [-0.4, -0.2) is 27.4 Å². The molecule has 30 heavy (non-hydrogen) atoms. The molecule has 152 valence electrons. The van der Waals surface area contributed by atoms with E-state index in [2.05, 4.69) is 20.9 Å². The number of imide groups is 1. The number of anilines is 1. The van der Waals surface area contributed by atoms with Gasteiger partial charge in [-0.3, -0.25) is 19.9 Å². The summed E-state index contributed by atoms with van der Waals surface area (Å²) in [6, 6.07) is 11.9. The largest absolute Gasteiger partial charge is 0.322 e. The molecule has 0 saturated carbocycles. The molecule has 4 amide bonds. The van der Waals surface area contributed by atoms with E-state index in [-0.39, 0.29) is 5.91 Å². The summed E-state index contributed by atoms with van der Waals surface area (Å²) in [5.74, 6) is -0.698. The van der Waals surface area contributed by atoms with E-state index in [9.17, 15) is 14.4 Å². The topological polar surface area (TPSA) is 105 Å². The molecular formula is C22H21N5O3. The van der Waals surface area contributed by atoms with E-state index in [1.807, 2.05) is 36.6 Å². The monoisotopic (exact) mass is 403 g/mol. The average Bonchev–Trinajstić information content (AvgIpc) is 3.17. The highest BCUT2D eigenvalue weighted by Crippen LogP contribution is 2.27. The Balaban J connectivity index is 1.62. The van der Waals surface area contributed by atoms with Crippen molar-refractivity contribution in [3.63, 3.8) is 0 Å². The minimum absolute atomic E-state index is 0.263. The predicted octanol–water partition coefficient (Wildman–Crippen LogP) is 2.80. The Labute approximate surface area is 173 Å². The number of aromatic nitrogens is 2. The van der Waals surface area contributed by atoms with Gasteiger partial charge >= 0.3 is 6.03 Å². The van der Waals surface area contributed by atoms with Crippen molar-refractivity contribution in [1.82, 2.24) is 20.2 Å². The van der Waals surface area contributed by atoms with E-state index in [1.165, 1.54) is 0 Å². The minimum Gasteiger partial charge on any atom is -0.322 e. The summed E-state index contributed by atoms with van der Waals surface area (Å²) in [4.78, 5) is 40.9. The van der Waals surface area contributed by atoms with E-state index in [4.69, 9.17) is 0 Å². The van der Waals surface area contributed by atoms with Gasteiger partial charge in [-0.2, -0.15) is 0 Å². The van der Waals surface area contributed by atoms with Crippen molar-refractivity contribution in [2.75, 3.05) is 5.32 Å². The molecule has 1 atom stereocenters. The zero-order valence-electron chi connectivity index (χ0n) is 16.8. The number of amides is 4. The first-order valence-electron chi connectivity index (χ1n) is 9.44. The van der Waals surface area contributed by atoms with Gasteiger partial charge in [0.25, 0.3) is 11.8 Å². The van der Waals surface area contributed by atoms with Crippen molar-refractivity contribution in [2.45, 2.75) is 26.3 Å². The summed E-state index contributed by atoms with van der Waals surface area (Å²) in [5.41, 5.74) is 3.04. The lowest BCUT2D eigenvalue weighted by Crippen LogP contribution is -2.40. The van der Waals surface area contributed by atoms with Crippen LogP contribution in [0.2, 0.25) is 0 Å². The van der Waals surface area contributed by atoms with Crippen LogP contribution in [0.15, 0.2) is 54.9 Å². The fraction of sp³-hybridized carbons (Fsp3) is 0.182. The number of aryl methyl sites for hydroxylation is 1. The second-order valence-corrected chi connectivity index (χ2v) is 7.40. The zero-order chi connectivity index (χ0) is 21.5. The van der Waals surface area contributed by atoms with Gasteiger partial charge in [-0.25, -0.2) is 4.79 Å². The lowest BCUT2D eigenvalue weighted by atomic mass is 9.92. The van der Waals surface area contributed by atoms with Crippen LogP contribution in [0.4, 0.5) is 10.5 Å². The van der Waals surface area contributed by atoms with Crippen LogP contribution >= 0.6 is 0 Å². The van der Waals surface area contributed by atoms with Gasteiger partial charge in [0.15, 0.2) is 0 Å². The molecule has 2 aromatic heterocycles. The van der Waals surface area contributed by atoms with Crippen LogP contribution < -0.4 is 16.0 Å². The molecule has 1 aliphatic heterocycles. The Hall–Kier alpha value is -3.94. The van der Waals surface area contributed by atoms with Gasteiger partial charge < -0.3 is 15.2 Å². The van der Waals surface area contributed by atoms with E-state index in [1.54, 1.807) is 43.6 Å². The Kier molecular flexibility index (Phi) is 4.62. The number of rotatable bonds is 4. The fourth-order valence-electron chi connectivity index (χ4n) is 3.73. The molecule has 1 aromatic carbocycles. The highest BCUT2D eigenvalue weighted by molar-refractivity contribution is 6.08. The molecule has 8 nitrogen and oxygen atoms in total. The second-order valence-electron chi connectivity index (χ2n) is 7.40. The number of hydrogen-bond donors (Lipinski definition) is 3. The van der Waals surface area contributed by atoms with Crippen LogP contribution in [0.1, 0.15) is 34.2 Å². The number of benzene rings is 1. The standard InChI is InChI=1S/C22H21N5O3/c1-13-10-18(14(2)27(13)17-8-5-9-23-12-17)19(28)24-16-7-4-6-15(11-16)22(3)20(29)25-21(30)26-22/h4-12H,1-3H3,(H,24,28)(H2,25,26,29,30). The maximum Gasteiger partial charge on any atom is 0.322 e. The molecule has 3 heterocycles. The van der Waals surface area contributed by atoms with Crippen molar-refractivity contribution >= 4 is 23.5 Å². The number of pyridine rings is 1. The summed E-state index contributed by atoms with van der Waals surface area (Å²) >= 11 is 0. The summed E-state index contributed by atoms with van der Waals surface area (Å²) in [6.07, 6.45) is 3.44. The van der Waals surface area contributed by atoms with Crippen LogP contribution in [-0.2, 0) is 10.3 Å². The molecule has 4 rings (SSSR count). The summed E-state index contributed by atoms with van der Waals surface area (Å²) in [6.45, 7) is 5.43. The van der Waals surface area contributed by atoms with Gasteiger partial charge in [-0.15, -0.1) is 0 Å².